The summed E-state index contributed by atoms with van der Waals surface area (Å²) in [4.78, 5) is 12.3. The second kappa shape index (κ2) is 8.67. The fourth-order valence-corrected chi connectivity index (χ4v) is 2.46. The lowest BCUT2D eigenvalue weighted by atomic mass is 10.1. The molecule has 146 valence electrons. The predicted octanol–water partition coefficient (Wildman–Crippen LogP) is 5.13. The molecule has 0 aromatic heterocycles. The molecule has 0 fully saturated rings. The van der Waals surface area contributed by atoms with E-state index in [2.05, 4.69) is 10.6 Å². The summed E-state index contributed by atoms with van der Waals surface area (Å²) in [5.41, 5.74) is -0.615. The second-order valence-electron chi connectivity index (χ2n) is 5.66. The Labute approximate surface area is 164 Å². The Morgan fingerprint density at radius 3 is 2.54 bits per heavy atom. The monoisotopic (exact) mass is 409 g/mol. The van der Waals surface area contributed by atoms with Crippen LogP contribution in [-0.2, 0) is 11.0 Å². The molecule has 2 aromatic carbocycles. The molecule has 0 bridgehead atoms. The molecule has 0 atom stereocenters. The Kier molecular flexibility index (Phi) is 6.54. The maximum atomic E-state index is 13.1. The summed E-state index contributed by atoms with van der Waals surface area (Å²) in [6.07, 6.45) is -3.76. The van der Waals surface area contributed by atoms with Crippen LogP contribution in [0.2, 0.25) is 5.02 Å². The number of hydrogen-bond acceptors (Lipinski definition) is 4. The van der Waals surface area contributed by atoms with Crippen molar-refractivity contribution in [3.63, 3.8) is 0 Å². The molecular formula is C19H15ClF3N3O2. The number of hydrogen-bond donors (Lipinski definition) is 2. The van der Waals surface area contributed by atoms with E-state index in [9.17, 15) is 23.2 Å². The lowest BCUT2D eigenvalue weighted by molar-refractivity contribution is -0.136. The first-order valence-electron chi connectivity index (χ1n) is 7.85. The number of nitriles is 1. The van der Waals surface area contributed by atoms with Crippen molar-refractivity contribution < 1.29 is 22.7 Å². The Morgan fingerprint density at radius 2 is 1.93 bits per heavy atom. The van der Waals surface area contributed by atoms with Gasteiger partial charge in [0.25, 0.3) is 5.91 Å². The summed E-state index contributed by atoms with van der Waals surface area (Å²) in [5, 5.41) is 14.0. The summed E-state index contributed by atoms with van der Waals surface area (Å²) in [6, 6.07) is 9.83. The topological polar surface area (TPSA) is 74.1 Å². The number of rotatable bonds is 5. The molecule has 0 saturated carbocycles. The number of nitrogens with one attached hydrogen (secondary N) is 2. The van der Waals surface area contributed by atoms with Crippen LogP contribution in [0.1, 0.15) is 11.1 Å². The zero-order valence-corrected chi connectivity index (χ0v) is 15.6. The van der Waals surface area contributed by atoms with Gasteiger partial charge in [-0.3, -0.25) is 4.79 Å². The van der Waals surface area contributed by atoms with Crippen LogP contribution in [0.3, 0.4) is 0 Å². The average Bonchev–Trinajstić information content (AvgIpc) is 2.62. The van der Waals surface area contributed by atoms with Crippen LogP contribution < -0.4 is 15.4 Å². The van der Waals surface area contributed by atoms with Crippen molar-refractivity contribution in [2.24, 2.45) is 0 Å². The van der Waals surface area contributed by atoms with Gasteiger partial charge in [-0.05, 0) is 42.8 Å². The minimum Gasteiger partial charge on any atom is -0.495 e. The highest BCUT2D eigenvalue weighted by molar-refractivity contribution is 6.30. The molecule has 0 heterocycles. The van der Waals surface area contributed by atoms with E-state index in [0.717, 1.165) is 23.9 Å². The summed E-state index contributed by atoms with van der Waals surface area (Å²) in [5.74, 6) is -0.428. The molecule has 0 aliphatic rings. The first kappa shape index (κ1) is 21.1. The molecule has 0 spiro atoms. The van der Waals surface area contributed by atoms with E-state index in [0.29, 0.717) is 11.4 Å². The Balaban J connectivity index is 2.27. The van der Waals surface area contributed by atoms with E-state index < -0.39 is 23.2 Å². The van der Waals surface area contributed by atoms with Crippen LogP contribution in [0.5, 0.6) is 5.75 Å². The molecule has 1 amide bonds. The van der Waals surface area contributed by atoms with Gasteiger partial charge in [-0.1, -0.05) is 17.7 Å². The largest absolute Gasteiger partial charge is 0.495 e. The first-order valence-corrected chi connectivity index (χ1v) is 8.23. The highest BCUT2D eigenvalue weighted by Crippen LogP contribution is 2.36. The summed E-state index contributed by atoms with van der Waals surface area (Å²) in [7, 11) is 1.42. The van der Waals surface area contributed by atoms with Crippen molar-refractivity contribution in [3.8, 4) is 11.8 Å². The van der Waals surface area contributed by atoms with E-state index in [1.165, 1.54) is 13.2 Å². The maximum absolute atomic E-state index is 13.1. The van der Waals surface area contributed by atoms with E-state index in [1.54, 1.807) is 31.2 Å². The Hall–Kier alpha value is -3.18. The van der Waals surface area contributed by atoms with Crippen LogP contribution in [0.25, 0.3) is 0 Å². The van der Waals surface area contributed by atoms with Gasteiger partial charge in [0.1, 0.15) is 17.4 Å². The second-order valence-corrected chi connectivity index (χ2v) is 6.10. The highest BCUT2D eigenvalue weighted by Gasteiger charge is 2.33. The molecule has 0 saturated heterocycles. The van der Waals surface area contributed by atoms with E-state index in [1.807, 2.05) is 0 Å². The smallest absolute Gasteiger partial charge is 0.418 e. The number of aryl methyl sites for hydroxylation is 1. The summed E-state index contributed by atoms with van der Waals surface area (Å²) < 4.78 is 44.5. The van der Waals surface area contributed by atoms with Crippen molar-refractivity contribution >= 4 is 28.9 Å². The van der Waals surface area contributed by atoms with Gasteiger partial charge in [0, 0.05) is 11.2 Å². The molecule has 0 unspecified atom stereocenters. The molecule has 28 heavy (non-hydrogen) atoms. The van der Waals surface area contributed by atoms with Gasteiger partial charge in [-0.15, -0.1) is 0 Å². The lowest BCUT2D eigenvalue weighted by Crippen LogP contribution is -2.16. The highest BCUT2D eigenvalue weighted by atomic mass is 35.5. The fourth-order valence-electron chi connectivity index (χ4n) is 2.28. The molecule has 9 heteroatoms. The number of methoxy groups -OCH3 is 1. The average molecular weight is 410 g/mol. The van der Waals surface area contributed by atoms with Crippen molar-refractivity contribution in [1.29, 1.82) is 5.26 Å². The van der Waals surface area contributed by atoms with Gasteiger partial charge in [-0.25, -0.2) is 0 Å². The van der Waals surface area contributed by atoms with Crippen LogP contribution >= 0.6 is 11.6 Å². The molecule has 2 aromatic rings. The van der Waals surface area contributed by atoms with Gasteiger partial charge in [-0.2, -0.15) is 18.4 Å². The van der Waals surface area contributed by atoms with Gasteiger partial charge in [0.15, 0.2) is 0 Å². The molecule has 0 aliphatic heterocycles. The molecule has 2 rings (SSSR count). The minimum absolute atomic E-state index is 0.0911. The Bertz CT molecular complexity index is 966. The van der Waals surface area contributed by atoms with Gasteiger partial charge in [0.05, 0.1) is 24.0 Å². The summed E-state index contributed by atoms with van der Waals surface area (Å²) >= 11 is 5.62. The summed E-state index contributed by atoms with van der Waals surface area (Å²) in [6.45, 7) is 1.80. The third-order valence-electron chi connectivity index (χ3n) is 3.63. The van der Waals surface area contributed by atoms with Gasteiger partial charge >= 0.3 is 6.18 Å². The van der Waals surface area contributed by atoms with Crippen molar-refractivity contribution in [2.45, 2.75) is 13.1 Å². The number of alkyl halides is 3. The molecular weight excluding hydrogens is 395 g/mol. The zero-order valence-electron chi connectivity index (χ0n) is 14.8. The quantitative estimate of drug-likeness (QED) is 0.530. The minimum atomic E-state index is -4.66. The number of anilines is 2. The van der Waals surface area contributed by atoms with Gasteiger partial charge in [0.2, 0.25) is 0 Å². The van der Waals surface area contributed by atoms with E-state index in [4.69, 9.17) is 16.3 Å². The third-order valence-corrected chi connectivity index (χ3v) is 3.86. The maximum Gasteiger partial charge on any atom is 0.418 e. The number of ether oxygens (including phenoxy) is 1. The number of carbonyl (C=O) groups excluding carboxylic acids is 1. The molecule has 0 aliphatic carbocycles. The van der Waals surface area contributed by atoms with Crippen LogP contribution in [-0.4, -0.2) is 13.0 Å². The van der Waals surface area contributed by atoms with Crippen molar-refractivity contribution in [1.82, 2.24) is 0 Å². The van der Waals surface area contributed by atoms with Crippen molar-refractivity contribution in [2.75, 3.05) is 17.7 Å². The molecule has 2 N–H and O–H groups in total. The normalized spacial score (nSPS) is 11.5. The standard InChI is InChI=1S/C19H15ClF3N3O2/c1-11-3-6-17(28-2)16(7-11)26-18(27)12(9-24)10-25-15-5-4-13(20)8-14(15)19(21,22)23/h3-8,10,25H,1-2H3,(H,26,27)/b12-10-. The third kappa shape index (κ3) is 5.18. The molecule has 0 radical (unpaired) electrons. The number of nitrogens with zero attached hydrogens (tertiary/aromatic N) is 1. The lowest BCUT2D eigenvalue weighted by Gasteiger charge is -2.13. The van der Waals surface area contributed by atoms with E-state index in [-0.39, 0.29) is 10.7 Å². The van der Waals surface area contributed by atoms with Gasteiger partial charge < -0.3 is 15.4 Å². The predicted molar refractivity (Wildman–Crippen MR) is 100 cm³/mol. The van der Waals surface area contributed by atoms with Crippen molar-refractivity contribution in [3.05, 3.63) is 64.3 Å². The van der Waals surface area contributed by atoms with Crippen LogP contribution in [0, 0.1) is 18.3 Å². The number of benzene rings is 2. The zero-order chi connectivity index (χ0) is 20.9. The number of amides is 1. The Morgan fingerprint density at radius 1 is 1.21 bits per heavy atom. The number of carbonyl (C=O) groups is 1. The SMILES string of the molecule is COc1ccc(C)cc1NC(=O)/C(C#N)=C\Nc1ccc(Cl)cc1C(F)(F)F. The fraction of sp³-hybridized carbons (Fsp3) is 0.158. The van der Waals surface area contributed by atoms with Crippen LogP contribution in [0.4, 0.5) is 24.5 Å². The number of halogens is 4. The first-order chi connectivity index (χ1) is 13.2. The molecule has 5 nitrogen and oxygen atoms in total. The van der Waals surface area contributed by atoms with Crippen LogP contribution in [0.15, 0.2) is 48.2 Å². The van der Waals surface area contributed by atoms with E-state index >= 15 is 0 Å².